The lowest BCUT2D eigenvalue weighted by atomic mass is 10.1. The summed E-state index contributed by atoms with van der Waals surface area (Å²) in [5.41, 5.74) is 0.764. The Labute approximate surface area is 184 Å². The average molecular weight is 460 g/mol. The summed E-state index contributed by atoms with van der Waals surface area (Å²) in [5, 5.41) is 5.11. The van der Waals surface area contributed by atoms with Gasteiger partial charge in [-0.2, -0.15) is 0 Å². The number of hydrogen-bond donors (Lipinski definition) is 1. The van der Waals surface area contributed by atoms with Crippen LogP contribution < -0.4 is 5.32 Å². The van der Waals surface area contributed by atoms with E-state index >= 15 is 0 Å². The summed E-state index contributed by atoms with van der Waals surface area (Å²) in [6, 6.07) is 21.2. The lowest BCUT2D eigenvalue weighted by Crippen LogP contribution is -2.10. The fourth-order valence-electron chi connectivity index (χ4n) is 3.30. The van der Waals surface area contributed by atoms with Crippen molar-refractivity contribution < 1.29 is 12.8 Å². The molecule has 0 saturated carbocycles. The number of benzene rings is 4. The van der Waals surface area contributed by atoms with E-state index in [2.05, 4.69) is 5.32 Å². The molecule has 152 valence electrons. The van der Waals surface area contributed by atoms with E-state index in [1.165, 1.54) is 24.3 Å². The molecule has 7 heteroatoms. The normalized spacial score (nSPS) is 11.6. The zero-order valence-corrected chi connectivity index (χ0v) is 17.9. The quantitative estimate of drug-likeness (QED) is 0.359. The molecule has 3 nitrogen and oxygen atoms in total. The highest BCUT2D eigenvalue weighted by atomic mass is 35.5. The number of hydrogen-bond acceptors (Lipinski definition) is 3. The van der Waals surface area contributed by atoms with E-state index in [9.17, 15) is 12.8 Å². The Kier molecular flexibility index (Phi) is 5.69. The van der Waals surface area contributed by atoms with Crippen molar-refractivity contribution in [1.82, 2.24) is 0 Å². The van der Waals surface area contributed by atoms with Gasteiger partial charge < -0.3 is 5.32 Å². The van der Waals surface area contributed by atoms with Gasteiger partial charge in [0.25, 0.3) is 0 Å². The highest BCUT2D eigenvalue weighted by Gasteiger charge is 2.24. The van der Waals surface area contributed by atoms with E-state index in [1.54, 1.807) is 36.4 Å². The Morgan fingerprint density at radius 1 is 0.833 bits per heavy atom. The van der Waals surface area contributed by atoms with Crippen LogP contribution in [0.25, 0.3) is 10.8 Å². The van der Waals surface area contributed by atoms with E-state index in [0.29, 0.717) is 16.0 Å². The minimum Gasteiger partial charge on any atom is -0.379 e. The molecule has 0 bridgehead atoms. The molecule has 4 aromatic rings. The first kappa shape index (κ1) is 20.7. The summed E-state index contributed by atoms with van der Waals surface area (Å²) < 4.78 is 41.2. The van der Waals surface area contributed by atoms with E-state index in [0.717, 1.165) is 5.39 Å². The molecule has 4 rings (SSSR count). The zero-order valence-electron chi connectivity index (χ0n) is 15.6. The van der Waals surface area contributed by atoms with Crippen LogP contribution in [0.2, 0.25) is 10.0 Å². The van der Waals surface area contributed by atoms with Gasteiger partial charge in [-0.1, -0.05) is 59.6 Å². The second-order valence-electron chi connectivity index (χ2n) is 6.71. The van der Waals surface area contributed by atoms with Crippen molar-refractivity contribution in [2.24, 2.45) is 0 Å². The van der Waals surface area contributed by atoms with Crippen molar-refractivity contribution in [2.75, 3.05) is 5.32 Å². The highest BCUT2D eigenvalue weighted by molar-refractivity contribution is 7.91. The molecule has 0 aromatic heterocycles. The van der Waals surface area contributed by atoms with E-state index in [4.69, 9.17) is 23.2 Å². The van der Waals surface area contributed by atoms with Crippen molar-refractivity contribution >= 4 is 49.5 Å². The largest absolute Gasteiger partial charge is 0.379 e. The lowest BCUT2D eigenvalue weighted by Gasteiger charge is -2.16. The average Bonchev–Trinajstić information content (AvgIpc) is 2.73. The van der Waals surface area contributed by atoms with Gasteiger partial charge in [-0.25, -0.2) is 12.8 Å². The molecular formula is C23H16Cl2FNO2S. The Morgan fingerprint density at radius 2 is 1.53 bits per heavy atom. The van der Waals surface area contributed by atoms with E-state index < -0.39 is 15.7 Å². The number of anilines is 1. The van der Waals surface area contributed by atoms with Crippen LogP contribution >= 0.6 is 23.2 Å². The lowest BCUT2D eigenvalue weighted by molar-refractivity contribution is 0.596. The molecule has 0 radical (unpaired) electrons. The third kappa shape index (κ3) is 4.01. The molecule has 0 aliphatic rings. The molecule has 4 aromatic carbocycles. The number of nitrogens with one attached hydrogen (secondary N) is 1. The molecule has 0 aliphatic heterocycles. The number of halogens is 3. The first-order chi connectivity index (χ1) is 14.4. The maximum atomic E-state index is 14.2. The van der Waals surface area contributed by atoms with Crippen LogP contribution in [0.3, 0.4) is 0 Å². The van der Waals surface area contributed by atoms with Crippen LogP contribution in [0.15, 0.2) is 88.7 Å². The SMILES string of the molecule is O=S(=O)(c1ccc(Cl)cc1)c1c(CNc2ccc(Cl)cc2F)ccc2ccccc12. The number of fused-ring (bicyclic) bond motifs is 1. The van der Waals surface area contributed by atoms with Crippen LogP contribution in [-0.4, -0.2) is 8.42 Å². The number of rotatable bonds is 5. The minimum atomic E-state index is -3.85. The fraction of sp³-hybridized carbons (Fsp3) is 0.0435. The first-order valence-corrected chi connectivity index (χ1v) is 11.3. The smallest absolute Gasteiger partial charge is 0.207 e. The predicted molar refractivity (Wildman–Crippen MR) is 120 cm³/mol. The molecule has 0 heterocycles. The Morgan fingerprint density at radius 3 is 2.27 bits per heavy atom. The van der Waals surface area contributed by atoms with Crippen LogP contribution in [-0.2, 0) is 16.4 Å². The monoisotopic (exact) mass is 459 g/mol. The van der Waals surface area contributed by atoms with Gasteiger partial charge in [0.05, 0.1) is 15.5 Å². The molecule has 0 unspecified atom stereocenters. The Balaban J connectivity index is 1.83. The summed E-state index contributed by atoms with van der Waals surface area (Å²) >= 11 is 11.7. The van der Waals surface area contributed by atoms with Crippen LogP contribution in [0.4, 0.5) is 10.1 Å². The van der Waals surface area contributed by atoms with E-state index in [1.807, 2.05) is 18.2 Å². The minimum absolute atomic E-state index is 0.117. The van der Waals surface area contributed by atoms with Gasteiger partial charge in [0.15, 0.2) is 0 Å². The molecule has 0 amide bonds. The molecular weight excluding hydrogens is 444 g/mol. The fourth-order valence-corrected chi connectivity index (χ4v) is 5.28. The number of sulfone groups is 1. The van der Waals surface area contributed by atoms with E-state index in [-0.39, 0.29) is 27.0 Å². The predicted octanol–water partition coefficient (Wildman–Crippen LogP) is 6.73. The summed E-state index contributed by atoms with van der Waals surface area (Å²) in [6.45, 7) is 0.117. The van der Waals surface area contributed by atoms with Crippen LogP contribution in [0.5, 0.6) is 0 Å². The summed E-state index contributed by atoms with van der Waals surface area (Å²) in [4.78, 5) is 0.326. The van der Waals surface area contributed by atoms with Crippen molar-refractivity contribution in [3.63, 3.8) is 0 Å². The second kappa shape index (κ2) is 8.26. The molecule has 0 atom stereocenters. The Bertz CT molecular complexity index is 1340. The van der Waals surface area contributed by atoms with Gasteiger partial charge in [-0.15, -0.1) is 0 Å². The van der Waals surface area contributed by atoms with Gasteiger partial charge >= 0.3 is 0 Å². The third-order valence-corrected chi connectivity index (χ3v) is 7.15. The maximum absolute atomic E-state index is 14.2. The third-order valence-electron chi connectivity index (χ3n) is 4.75. The molecule has 30 heavy (non-hydrogen) atoms. The maximum Gasteiger partial charge on any atom is 0.207 e. The standard InChI is InChI=1S/C23H16Cl2FNO2S/c24-17-7-10-19(11-8-17)30(28,29)23-16(6-5-15-3-1-2-4-20(15)23)14-27-22-12-9-18(25)13-21(22)26/h1-13,27H,14H2. The summed E-state index contributed by atoms with van der Waals surface area (Å²) in [7, 11) is -3.85. The molecule has 0 fully saturated rings. The highest BCUT2D eigenvalue weighted by Crippen LogP contribution is 2.33. The molecule has 0 spiro atoms. The summed E-state index contributed by atoms with van der Waals surface area (Å²) in [6.07, 6.45) is 0. The van der Waals surface area contributed by atoms with Crippen molar-refractivity contribution in [3.05, 3.63) is 100 Å². The van der Waals surface area contributed by atoms with Crippen molar-refractivity contribution in [1.29, 1.82) is 0 Å². The van der Waals surface area contributed by atoms with Crippen LogP contribution in [0, 0.1) is 5.82 Å². The first-order valence-electron chi connectivity index (χ1n) is 9.06. The Hall–Kier alpha value is -2.60. The van der Waals surface area contributed by atoms with Crippen LogP contribution in [0.1, 0.15) is 5.56 Å². The van der Waals surface area contributed by atoms with Gasteiger partial charge in [0.2, 0.25) is 9.84 Å². The van der Waals surface area contributed by atoms with Crippen molar-refractivity contribution in [3.8, 4) is 0 Å². The zero-order chi connectivity index (χ0) is 21.3. The molecule has 1 N–H and O–H groups in total. The molecule has 0 saturated heterocycles. The van der Waals surface area contributed by atoms with Gasteiger partial charge in [0.1, 0.15) is 5.82 Å². The van der Waals surface area contributed by atoms with Gasteiger partial charge in [-0.05, 0) is 53.4 Å². The van der Waals surface area contributed by atoms with Crippen molar-refractivity contribution in [2.45, 2.75) is 16.3 Å². The topological polar surface area (TPSA) is 46.2 Å². The summed E-state index contributed by atoms with van der Waals surface area (Å²) in [5.74, 6) is -0.509. The second-order valence-corrected chi connectivity index (χ2v) is 9.47. The van der Waals surface area contributed by atoms with Gasteiger partial charge in [-0.3, -0.25) is 0 Å². The van der Waals surface area contributed by atoms with Gasteiger partial charge in [0, 0.05) is 22.0 Å². The molecule has 0 aliphatic carbocycles.